The van der Waals surface area contributed by atoms with E-state index in [0.29, 0.717) is 41.7 Å². The summed E-state index contributed by atoms with van der Waals surface area (Å²) in [5.41, 5.74) is 0.951. The number of anilines is 1. The number of nitrogens with zero attached hydrogens (tertiary/aromatic N) is 5. The van der Waals surface area contributed by atoms with Crippen molar-refractivity contribution in [2.24, 2.45) is 4.99 Å². The van der Waals surface area contributed by atoms with Crippen LogP contribution in [0, 0.1) is 17.5 Å². The van der Waals surface area contributed by atoms with Gasteiger partial charge in [0, 0.05) is 77.4 Å². The molecule has 1 aromatic heterocycles. The minimum Gasteiger partial charge on any atom is -0.478 e. The highest BCUT2D eigenvalue weighted by molar-refractivity contribution is 7.11. The van der Waals surface area contributed by atoms with Crippen LogP contribution in [0.4, 0.5) is 23.7 Å². The summed E-state index contributed by atoms with van der Waals surface area (Å²) in [7, 11) is 1.26. The summed E-state index contributed by atoms with van der Waals surface area (Å²) in [5, 5.41) is 14.8. The highest BCUT2D eigenvalue weighted by atomic mass is 35.5. The number of methoxy groups -OCH3 is 1. The molecule has 2 atom stereocenters. The van der Waals surface area contributed by atoms with E-state index in [4.69, 9.17) is 26.4 Å². The van der Waals surface area contributed by atoms with Crippen molar-refractivity contribution in [1.82, 2.24) is 20.1 Å². The summed E-state index contributed by atoms with van der Waals surface area (Å²) in [6.07, 6.45) is 1.63. The number of aromatic nitrogens is 1. The van der Waals surface area contributed by atoms with Crippen LogP contribution in [-0.2, 0) is 9.53 Å². The fourth-order valence-electron chi connectivity index (χ4n) is 6.58. The number of fused-ring (bicyclic) bond motifs is 1. The molecule has 262 valence electrons. The second-order valence-electron chi connectivity index (χ2n) is 12.0. The third kappa shape index (κ3) is 6.55. The number of piperazine rings is 1. The molecule has 2 saturated heterocycles. The smallest absolute Gasteiger partial charge is 0.338 e. The Labute approximate surface area is 298 Å². The number of benzene rings is 3. The molecule has 0 saturated carbocycles. The Morgan fingerprint density at radius 3 is 2.47 bits per heavy atom. The molecule has 0 radical (unpaired) electrons. The van der Waals surface area contributed by atoms with E-state index in [1.165, 1.54) is 59.7 Å². The number of rotatable bonds is 8. The standard InChI is InChI=1S/C35H28ClF3N6O5S/c1-50-34(48)29-28(41-31(32-40-8-11-51-32)42-30(29)24-6-3-19(37)13-25(24)36)17-43-9-10-44-21(15-43)16-45(35(44)49)20-4-7-23(27(39)14-20)22-5-2-18(33(46)47)12-26(22)38/h2-8,11-14,21,30H,9-10,15-17H2,1H3,(H,41,42)(H,46,47)/t21-,30-/m0/s1. The van der Waals surface area contributed by atoms with E-state index >= 15 is 4.39 Å². The van der Waals surface area contributed by atoms with E-state index in [2.05, 4.69) is 15.2 Å². The fraction of sp³-hybridized carbons (Fsp3) is 0.229. The molecule has 2 amide bonds. The summed E-state index contributed by atoms with van der Waals surface area (Å²) >= 11 is 7.81. The normalized spacial score (nSPS) is 19.2. The van der Waals surface area contributed by atoms with Gasteiger partial charge in [-0.15, -0.1) is 11.3 Å². The molecule has 3 aliphatic rings. The van der Waals surface area contributed by atoms with E-state index in [0.717, 1.165) is 18.2 Å². The largest absolute Gasteiger partial charge is 0.478 e. The zero-order valence-corrected chi connectivity index (χ0v) is 28.3. The number of aromatic carboxylic acids is 1. The van der Waals surface area contributed by atoms with Crippen molar-refractivity contribution in [2.45, 2.75) is 12.1 Å². The van der Waals surface area contributed by atoms with Crippen molar-refractivity contribution in [1.29, 1.82) is 0 Å². The van der Waals surface area contributed by atoms with Crippen molar-refractivity contribution in [2.75, 3.05) is 44.7 Å². The predicted octanol–water partition coefficient (Wildman–Crippen LogP) is 5.72. The quantitative estimate of drug-likeness (QED) is 0.220. The summed E-state index contributed by atoms with van der Waals surface area (Å²) in [5.74, 6) is -3.73. The molecule has 4 heterocycles. The number of amidine groups is 1. The molecule has 16 heteroatoms. The molecule has 2 fully saturated rings. The highest BCUT2D eigenvalue weighted by Crippen LogP contribution is 2.38. The number of halogens is 4. The first-order chi connectivity index (χ1) is 24.5. The van der Waals surface area contributed by atoms with E-state index in [1.807, 2.05) is 0 Å². The van der Waals surface area contributed by atoms with Crippen LogP contribution in [-0.4, -0.2) is 89.6 Å². The second kappa shape index (κ2) is 13.8. The van der Waals surface area contributed by atoms with Crippen LogP contribution in [0.2, 0.25) is 5.02 Å². The Morgan fingerprint density at radius 1 is 1.04 bits per heavy atom. The summed E-state index contributed by atoms with van der Waals surface area (Å²) in [6, 6.07) is 9.65. The number of amides is 2. The lowest BCUT2D eigenvalue weighted by atomic mass is 9.95. The van der Waals surface area contributed by atoms with Crippen LogP contribution in [0.5, 0.6) is 0 Å². The first-order valence-electron chi connectivity index (χ1n) is 15.7. The number of aliphatic imine (C=N–C) groups is 1. The van der Waals surface area contributed by atoms with Gasteiger partial charge in [-0.05, 0) is 42.5 Å². The number of hydrogen-bond acceptors (Lipinski definition) is 9. The van der Waals surface area contributed by atoms with Gasteiger partial charge >= 0.3 is 18.0 Å². The Morgan fingerprint density at radius 2 is 1.80 bits per heavy atom. The monoisotopic (exact) mass is 736 g/mol. The summed E-state index contributed by atoms with van der Waals surface area (Å²) in [6.45, 7) is 1.68. The molecule has 3 aliphatic heterocycles. The lowest BCUT2D eigenvalue weighted by molar-refractivity contribution is -0.136. The maximum atomic E-state index is 15.4. The van der Waals surface area contributed by atoms with E-state index in [9.17, 15) is 23.2 Å². The fourth-order valence-corrected chi connectivity index (χ4v) is 7.44. The maximum absolute atomic E-state index is 15.4. The van der Waals surface area contributed by atoms with Gasteiger partial charge in [-0.3, -0.25) is 14.8 Å². The molecule has 0 spiro atoms. The average molecular weight is 737 g/mol. The van der Waals surface area contributed by atoms with Gasteiger partial charge in [0.25, 0.3) is 0 Å². The first kappa shape index (κ1) is 34.2. The molecular formula is C35H28ClF3N6O5S. The molecule has 0 unspecified atom stereocenters. The first-order valence-corrected chi connectivity index (χ1v) is 16.9. The minimum atomic E-state index is -1.30. The number of nitrogens with one attached hydrogen (secondary N) is 1. The molecule has 3 aromatic carbocycles. The zero-order chi connectivity index (χ0) is 36.0. The van der Waals surface area contributed by atoms with E-state index in [1.54, 1.807) is 16.5 Å². The lowest BCUT2D eigenvalue weighted by Gasteiger charge is -2.38. The van der Waals surface area contributed by atoms with Crippen molar-refractivity contribution >= 4 is 52.4 Å². The van der Waals surface area contributed by atoms with Crippen molar-refractivity contribution in [3.63, 3.8) is 0 Å². The Bertz CT molecular complexity index is 2130. The van der Waals surface area contributed by atoms with E-state index in [-0.39, 0.29) is 58.1 Å². The van der Waals surface area contributed by atoms with Gasteiger partial charge in [-0.25, -0.2) is 32.5 Å². The van der Waals surface area contributed by atoms with Crippen molar-refractivity contribution < 1.29 is 37.4 Å². The molecule has 0 aliphatic carbocycles. The molecule has 0 bridgehead atoms. The number of esters is 1. The van der Waals surface area contributed by atoms with Crippen molar-refractivity contribution in [3.8, 4) is 11.1 Å². The third-order valence-corrected chi connectivity index (χ3v) is 10.1. The SMILES string of the molecule is COC(=O)C1=C(CN2CCN3C(=O)N(c4ccc(-c5ccc(C(=O)O)cc5F)c(F)c4)C[C@@H]3C2)NC(c2nccs2)=N[C@H]1c1ccc(F)cc1Cl. The van der Waals surface area contributed by atoms with Crippen LogP contribution in [0.1, 0.15) is 27.0 Å². The van der Waals surface area contributed by atoms with E-state index < -0.39 is 35.4 Å². The Kier molecular flexibility index (Phi) is 9.26. The van der Waals surface area contributed by atoms with Crippen molar-refractivity contribution in [3.05, 3.63) is 116 Å². The van der Waals surface area contributed by atoms with Gasteiger partial charge in [-0.2, -0.15) is 0 Å². The number of urea groups is 1. The van der Waals surface area contributed by atoms with Crippen LogP contribution in [0.25, 0.3) is 11.1 Å². The molecule has 7 rings (SSSR count). The van der Waals surface area contributed by atoms with Gasteiger partial charge < -0.3 is 20.1 Å². The molecular weight excluding hydrogens is 709 g/mol. The lowest BCUT2D eigenvalue weighted by Crippen LogP contribution is -2.53. The number of thiazole rings is 1. The van der Waals surface area contributed by atoms with Crippen LogP contribution >= 0.6 is 22.9 Å². The highest BCUT2D eigenvalue weighted by Gasteiger charge is 2.42. The molecule has 2 N–H and O–H groups in total. The van der Waals surface area contributed by atoms with Crippen LogP contribution in [0.15, 0.2) is 82.4 Å². The Balaban J connectivity index is 1.13. The third-order valence-electron chi connectivity index (χ3n) is 9.01. The minimum absolute atomic E-state index is 0.0701. The van der Waals surface area contributed by atoms with Gasteiger partial charge in [0.2, 0.25) is 0 Å². The predicted molar refractivity (Wildman–Crippen MR) is 183 cm³/mol. The number of carboxylic acid groups (broad SMARTS) is 1. The number of ether oxygens (including phenoxy) is 1. The maximum Gasteiger partial charge on any atom is 0.338 e. The molecule has 4 aromatic rings. The van der Waals surface area contributed by atoms with Crippen LogP contribution in [0.3, 0.4) is 0 Å². The van der Waals surface area contributed by atoms with Crippen LogP contribution < -0.4 is 10.2 Å². The molecule has 51 heavy (non-hydrogen) atoms. The topological polar surface area (TPSA) is 128 Å². The molecule has 11 nitrogen and oxygen atoms in total. The number of carboxylic acids is 1. The van der Waals surface area contributed by atoms with Gasteiger partial charge in [-0.1, -0.05) is 23.7 Å². The number of carbonyl (C=O) groups is 3. The van der Waals surface area contributed by atoms with Gasteiger partial charge in [0.05, 0.1) is 24.3 Å². The summed E-state index contributed by atoms with van der Waals surface area (Å²) in [4.78, 5) is 52.4. The number of hydrogen-bond donors (Lipinski definition) is 2. The summed E-state index contributed by atoms with van der Waals surface area (Å²) < 4.78 is 49.3. The number of carbonyl (C=O) groups excluding carboxylic acids is 2. The second-order valence-corrected chi connectivity index (χ2v) is 13.3. The average Bonchev–Trinajstić information content (AvgIpc) is 3.76. The van der Waals surface area contributed by atoms with Gasteiger partial charge in [0.1, 0.15) is 23.5 Å². The Hall–Kier alpha value is -5.25. The van der Waals surface area contributed by atoms with Gasteiger partial charge in [0.15, 0.2) is 10.8 Å². The zero-order valence-electron chi connectivity index (χ0n) is 26.8.